The molecule has 0 spiro atoms. The lowest BCUT2D eigenvalue weighted by Crippen LogP contribution is -2.30. The van der Waals surface area contributed by atoms with Crippen LogP contribution in [0.1, 0.15) is 11.1 Å². The molecule has 6 nitrogen and oxygen atoms in total. The van der Waals surface area contributed by atoms with Crippen LogP contribution in [0, 0.1) is 11.3 Å². The van der Waals surface area contributed by atoms with Crippen molar-refractivity contribution >= 4 is 23.5 Å². The van der Waals surface area contributed by atoms with E-state index in [1.165, 1.54) is 0 Å². The Bertz CT molecular complexity index is 924. The highest BCUT2D eigenvalue weighted by atomic mass is 16.5. The Balaban J connectivity index is 1.79. The van der Waals surface area contributed by atoms with Crippen LogP contribution in [0.2, 0.25) is 0 Å². The highest BCUT2D eigenvalue weighted by Crippen LogP contribution is 2.28. The maximum atomic E-state index is 12.6. The molecular weight excluding hydrogens is 328 g/mol. The van der Waals surface area contributed by atoms with Crippen molar-refractivity contribution in [1.82, 2.24) is 0 Å². The van der Waals surface area contributed by atoms with Crippen LogP contribution in [0.3, 0.4) is 0 Å². The number of anilines is 1. The molecule has 1 amide bonds. The number of nitrogens with zero attached hydrogens (tertiary/aromatic N) is 4. The van der Waals surface area contributed by atoms with Crippen LogP contribution in [0.25, 0.3) is 0 Å². The average molecular weight is 344 g/mol. The van der Waals surface area contributed by atoms with Crippen molar-refractivity contribution in [2.45, 2.75) is 0 Å². The summed E-state index contributed by atoms with van der Waals surface area (Å²) in [6, 6.07) is 16.5. The first-order valence-electron chi connectivity index (χ1n) is 7.97. The number of carbonyl (C=O) groups excluding carboxylic acids is 1. The van der Waals surface area contributed by atoms with Gasteiger partial charge < -0.3 is 9.64 Å². The maximum absolute atomic E-state index is 12.6. The lowest BCUT2D eigenvalue weighted by atomic mass is 10.1. The first kappa shape index (κ1) is 17.1. The number of amides is 1. The number of nitriles is 1. The molecule has 1 aliphatic heterocycles. The van der Waals surface area contributed by atoms with Gasteiger partial charge in [0, 0.05) is 12.1 Å². The monoisotopic (exact) mass is 344 g/mol. The molecule has 26 heavy (non-hydrogen) atoms. The van der Waals surface area contributed by atoms with Gasteiger partial charge in [0.1, 0.15) is 11.8 Å². The molecule has 0 aromatic heterocycles. The lowest BCUT2D eigenvalue weighted by molar-refractivity contribution is -0.112. The molecule has 1 aliphatic rings. The lowest BCUT2D eigenvalue weighted by Gasteiger charge is -2.13. The molecule has 2 aromatic carbocycles. The quantitative estimate of drug-likeness (QED) is 0.459. The van der Waals surface area contributed by atoms with Crippen molar-refractivity contribution in [3.05, 3.63) is 72.3 Å². The van der Waals surface area contributed by atoms with Gasteiger partial charge in [-0.05, 0) is 35.9 Å². The molecule has 1 heterocycles. The number of hydrogen-bond acceptors (Lipinski definition) is 5. The summed E-state index contributed by atoms with van der Waals surface area (Å²) >= 11 is 0. The van der Waals surface area contributed by atoms with Crippen LogP contribution in [-0.4, -0.2) is 31.0 Å². The predicted octanol–water partition coefficient (Wildman–Crippen LogP) is 2.94. The summed E-state index contributed by atoms with van der Waals surface area (Å²) < 4.78 is 5.19. The summed E-state index contributed by atoms with van der Waals surface area (Å²) in [7, 11) is 0. The number of hydrogen-bond donors (Lipinski definition) is 0. The number of rotatable bonds is 6. The van der Waals surface area contributed by atoms with Crippen molar-refractivity contribution < 1.29 is 9.53 Å². The smallest absolute Gasteiger partial charge is 0.279 e. The summed E-state index contributed by atoms with van der Waals surface area (Å²) in [6.07, 6.45) is 3.24. The van der Waals surface area contributed by atoms with E-state index in [9.17, 15) is 4.79 Å². The topological polar surface area (TPSA) is 78.1 Å². The van der Waals surface area contributed by atoms with E-state index in [-0.39, 0.29) is 12.5 Å². The van der Waals surface area contributed by atoms with Crippen molar-refractivity contribution in [2.24, 2.45) is 10.2 Å². The second-order valence-corrected chi connectivity index (χ2v) is 5.43. The molecule has 0 fully saturated rings. The Labute approximate surface area is 151 Å². The minimum atomic E-state index is -0.191. The number of fused-ring (bicyclic) bond motifs is 1. The van der Waals surface area contributed by atoms with Gasteiger partial charge in [-0.25, -0.2) is 0 Å². The van der Waals surface area contributed by atoms with Crippen LogP contribution in [0.5, 0.6) is 5.75 Å². The Kier molecular flexibility index (Phi) is 5.20. The molecule has 128 valence electrons. The molecule has 2 aromatic rings. The first-order valence-corrected chi connectivity index (χ1v) is 7.97. The van der Waals surface area contributed by atoms with Gasteiger partial charge in [-0.3, -0.25) is 4.79 Å². The maximum Gasteiger partial charge on any atom is 0.279 e. The Morgan fingerprint density at radius 2 is 1.96 bits per heavy atom. The fraction of sp³-hybridized carbons (Fsp3) is 0.100. The highest BCUT2D eigenvalue weighted by Gasteiger charge is 2.32. The third kappa shape index (κ3) is 3.52. The largest absolute Gasteiger partial charge is 0.479 e. The zero-order valence-electron chi connectivity index (χ0n) is 14.0. The van der Waals surface area contributed by atoms with Gasteiger partial charge in [0.05, 0.1) is 11.9 Å². The van der Waals surface area contributed by atoms with Gasteiger partial charge >= 0.3 is 0 Å². The van der Waals surface area contributed by atoms with Gasteiger partial charge in [-0.15, -0.1) is 11.7 Å². The molecule has 0 N–H and O–H groups in total. The van der Waals surface area contributed by atoms with Gasteiger partial charge in [-0.2, -0.15) is 10.4 Å². The third-order valence-electron chi connectivity index (χ3n) is 3.76. The van der Waals surface area contributed by atoms with E-state index in [0.29, 0.717) is 18.0 Å². The Hall–Kier alpha value is -3.72. The molecule has 0 saturated heterocycles. The van der Waals surface area contributed by atoms with E-state index in [1.807, 2.05) is 30.3 Å². The van der Waals surface area contributed by atoms with E-state index >= 15 is 0 Å². The SMILES string of the molecule is C=CCN1C(=O)/C(=N/N=C\c2ccc(OCC#N)cc2)c2ccccc21. The fourth-order valence-electron chi connectivity index (χ4n) is 2.59. The van der Waals surface area contributed by atoms with Crippen molar-refractivity contribution in [1.29, 1.82) is 5.26 Å². The van der Waals surface area contributed by atoms with E-state index in [0.717, 1.165) is 16.8 Å². The number of ether oxygens (including phenoxy) is 1. The minimum Gasteiger partial charge on any atom is -0.479 e. The van der Waals surface area contributed by atoms with Gasteiger partial charge in [0.15, 0.2) is 12.3 Å². The summed E-state index contributed by atoms with van der Waals surface area (Å²) in [5.41, 5.74) is 2.69. The van der Waals surface area contributed by atoms with E-state index in [2.05, 4.69) is 16.8 Å². The Morgan fingerprint density at radius 1 is 1.19 bits per heavy atom. The molecule has 0 atom stereocenters. The second kappa shape index (κ2) is 7.90. The zero-order valence-corrected chi connectivity index (χ0v) is 14.0. The van der Waals surface area contributed by atoms with Crippen LogP contribution in [-0.2, 0) is 4.79 Å². The molecule has 0 bridgehead atoms. The van der Waals surface area contributed by atoms with Crippen LogP contribution >= 0.6 is 0 Å². The molecule has 6 heteroatoms. The number of benzene rings is 2. The van der Waals surface area contributed by atoms with E-state index < -0.39 is 0 Å². The first-order chi connectivity index (χ1) is 12.7. The van der Waals surface area contributed by atoms with Crippen LogP contribution in [0.15, 0.2) is 71.4 Å². The third-order valence-corrected chi connectivity index (χ3v) is 3.76. The van der Waals surface area contributed by atoms with Gasteiger partial charge in [0.2, 0.25) is 0 Å². The number of para-hydroxylation sites is 1. The summed E-state index contributed by atoms with van der Waals surface area (Å²) in [6.45, 7) is 4.12. The zero-order chi connectivity index (χ0) is 18.4. The predicted molar refractivity (Wildman–Crippen MR) is 101 cm³/mol. The highest BCUT2D eigenvalue weighted by molar-refractivity contribution is 6.54. The van der Waals surface area contributed by atoms with Crippen LogP contribution in [0.4, 0.5) is 5.69 Å². The normalized spacial score (nSPS) is 14.5. The standard InChI is InChI=1S/C20H16N4O2/c1-2-12-24-18-6-4-3-5-17(18)19(20(24)25)23-22-14-15-7-9-16(10-8-15)26-13-11-21/h2-10,14H,1,12-13H2/b22-14-,23-19+. The minimum absolute atomic E-state index is 0.00379. The fourth-order valence-corrected chi connectivity index (χ4v) is 2.59. The summed E-state index contributed by atoms with van der Waals surface area (Å²) in [4.78, 5) is 14.2. The molecule has 0 saturated carbocycles. The number of carbonyl (C=O) groups is 1. The van der Waals surface area contributed by atoms with Gasteiger partial charge in [0.25, 0.3) is 5.91 Å². The average Bonchev–Trinajstić information content (AvgIpc) is 2.94. The van der Waals surface area contributed by atoms with Crippen molar-refractivity contribution in [3.8, 4) is 11.8 Å². The molecular formula is C20H16N4O2. The van der Waals surface area contributed by atoms with Crippen molar-refractivity contribution in [2.75, 3.05) is 18.1 Å². The molecule has 0 radical (unpaired) electrons. The van der Waals surface area contributed by atoms with E-state index in [1.54, 1.807) is 41.5 Å². The van der Waals surface area contributed by atoms with Crippen molar-refractivity contribution in [3.63, 3.8) is 0 Å². The molecule has 3 rings (SSSR count). The van der Waals surface area contributed by atoms with E-state index in [4.69, 9.17) is 10.00 Å². The molecule has 0 aliphatic carbocycles. The second-order valence-electron chi connectivity index (χ2n) is 5.43. The Morgan fingerprint density at radius 3 is 2.69 bits per heavy atom. The van der Waals surface area contributed by atoms with Gasteiger partial charge in [-0.1, -0.05) is 24.3 Å². The summed E-state index contributed by atoms with van der Waals surface area (Å²) in [5.74, 6) is 0.415. The molecule has 0 unspecified atom stereocenters. The van der Waals surface area contributed by atoms with Crippen LogP contribution < -0.4 is 9.64 Å². The summed E-state index contributed by atoms with van der Waals surface area (Å²) in [5, 5.41) is 16.7.